The lowest BCUT2D eigenvalue weighted by atomic mass is 9.78. The molecular weight excluding hydrogens is 250 g/mol. The van der Waals surface area contributed by atoms with E-state index in [-0.39, 0.29) is 17.5 Å². The number of nitrogens with one attached hydrogen (secondary N) is 1. The third-order valence-electron chi connectivity index (χ3n) is 4.41. The Morgan fingerprint density at radius 3 is 2.75 bits per heavy atom. The van der Waals surface area contributed by atoms with Gasteiger partial charge in [0.2, 0.25) is 0 Å². The molecule has 1 amide bonds. The highest BCUT2D eigenvalue weighted by atomic mass is 16.2. The van der Waals surface area contributed by atoms with Gasteiger partial charge in [0, 0.05) is 11.2 Å². The summed E-state index contributed by atoms with van der Waals surface area (Å²) in [6.07, 6.45) is 1.02. The predicted molar refractivity (Wildman–Crippen MR) is 82.6 cm³/mol. The molecule has 20 heavy (non-hydrogen) atoms. The second-order valence-electron chi connectivity index (χ2n) is 6.48. The molecule has 4 nitrogen and oxygen atoms in total. The molecule has 110 valence electrons. The quantitative estimate of drug-likeness (QED) is 0.495. The minimum absolute atomic E-state index is 0.0789. The number of para-hydroxylation sites is 1. The van der Waals surface area contributed by atoms with Gasteiger partial charge in [0.05, 0.1) is 0 Å². The number of hydrazine groups is 1. The largest absolute Gasteiger partial charge is 0.354 e. The van der Waals surface area contributed by atoms with Gasteiger partial charge in [-0.15, -0.1) is 0 Å². The highest BCUT2D eigenvalue weighted by Crippen LogP contribution is 2.45. The number of nitrogens with two attached hydrogens (primary N) is 1. The van der Waals surface area contributed by atoms with E-state index in [1.807, 2.05) is 6.92 Å². The monoisotopic (exact) mass is 275 g/mol. The van der Waals surface area contributed by atoms with E-state index in [0.717, 1.165) is 6.42 Å². The SMILES string of the molecule is Cc1cccc2c1N(C(C)C(=O)NN)C(C)(C)CC2C. The molecule has 0 saturated heterocycles. The average molecular weight is 275 g/mol. The zero-order valence-corrected chi connectivity index (χ0v) is 13.0. The molecule has 0 spiro atoms. The zero-order chi connectivity index (χ0) is 15.1. The maximum absolute atomic E-state index is 12.0. The van der Waals surface area contributed by atoms with E-state index >= 15 is 0 Å². The highest BCUT2D eigenvalue weighted by Gasteiger charge is 2.41. The van der Waals surface area contributed by atoms with Crippen molar-refractivity contribution in [2.75, 3.05) is 4.90 Å². The van der Waals surface area contributed by atoms with Crippen molar-refractivity contribution < 1.29 is 4.79 Å². The molecule has 1 aromatic carbocycles. The van der Waals surface area contributed by atoms with E-state index in [0.29, 0.717) is 5.92 Å². The van der Waals surface area contributed by atoms with Gasteiger partial charge in [-0.3, -0.25) is 10.2 Å². The summed E-state index contributed by atoms with van der Waals surface area (Å²) in [5.74, 6) is 5.67. The summed E-state index contributed by atoms with van der Waals surface area (Å²) in [5.41, 5.74) is 5.92. The number of hydrogen-bond donors (Lipinski definition) is 2. The summed E-state index contributed by atoms with van der Waals surface area (Å²) >= 11 is 0. The third kappa shape index (κ3) is 2.29. The Kier molecular flexibility index (Phi) is 3.78. The van der Waals surface area contributed by atoms with E-state index in [4.69, 9.17) is 5.84 Å². The maximum Gasteiger partial charge on any atom is 0.256 e. The lowest BCUT2D eigenvalue weighted by molar-refractivity contribution is -0.122. The first-order valence-electron chi connectivity index (χ1n) is 7.19. The third-order valence-corrected chi connectivity index (χ3v) is 4.41. The Labute approximate surface area is 121 Å². The fourth-order valence-corrected chi connectivity index (χ4v) is 3.62. The van der Waals surface area contributed by atoms with Gasteiger partial charge >= 0.3 is 0 Å². The number of benzene rings is 1. The molecule has 1 heterocycles. The van der Waals surface area contributed by atoms with Crippen LogP contribution in [0.3, 0.4) is 0 Å². The topological polar surface area (TPSA) is 58.4 Å². The molecule has 4 heteroatoms. The summed E-state index contributed by atoms with van der Waals surface area (Å²) in [5, 5.41) is 0. The maximum atomic E-state index is 12.0. The van der Waals surface area contributed by atoms with Crippen LogP contribution in [-0.2, 0) is 4.79 Å². The molecule has 2 rings (SSSR count). The standard InChI is InChI=1S/C16H25N3O/c1-10-7-6-8-13-11(2)9-16(4,5)19(14(10)13)12(3)15(20)18-17/h6-8,11-12H,9,17H2,1-5H3,(H,18,20). The number of nitrogens with zero attached hydrogens (tertiary/aromatic N) is 1. The van der Waals surface area contributed by atoms with Crippen LogP contribution in [0, 0.1) is 6.92 Å². The van der Waals surface area contributed by atoms with Crippen LogP contribution < -0.4 is 16.2 Å². The van der Waals surface area contributed by atoms with E-state index in [2.05, 4.69) is 56.2 Å². The predicted octanol–water partition coefficient (Wildman–Crippen LogP) is 2.47. The van der Waals surface area contributed by atoms with Crippen LogP contribution in [0.5, 0.6) is 0 Å². The van der Waals surface area contributed by atoms with E-state index in [9.17, 15) is 4.79 Å². The number of fused-ring (bicyclic) bond motifs is 1. The molecule has 2 unspecified atom stereocenters. The van der Waals surface area contributed by atoms with Crippen LogP contribution in [0.1, 0.15) is 51.2 Å². The molecule has 3 N–H and O–H groups in total. The Morgan fingerprint density at radius 2 is 2.15 bits per heavy atom. The Balaban J connectivity index is 2.59. The van der Waals surface area contributed by atoms with Crippen molar-refractivity contribution in [1.82, 2.24) is 5.43 Å². The average Bonchev–Trinajstić information content (AvgIpc) is 2.37. The van der Waals surface area contributed by atoms with E-state index < -0.39 is 0 Å². The van der Waals surface area contributed by atoms with Gasteiger partial charge in [0.15, 0.2) is 0 Å². The second kappa shape index (κ2) is 5.09. The normalized spacial score (nSPS) is 22.1. The second-order valence-corrected chi connectivity index (χ2v) is 6.48. The molecule has 2 atom stereocenters. The highest BCUT2D eigenvalue weighted by molar-refractivity contribution is 5.86. The molecule has 0 aromatic heterocycles. The van der Waals surface area contributed by atoms with Crippen molar-refractivity contribution in [3.8, 4) is 0 Å². The van der Waals surface area contributed by atoms with Crippen LogP contribution in [0.25, 0.3) is 0 Å². The van der Waals surface area contributed by atoms with Crippen LogP contribution >= 0.6 is 0 Å². The smallest absolute Gasteiger partial charge is 0.256 e. The fourth-order valence-electron chi connectivity index (χ4n) is 3.62. The lowest BCUT2D eigenvalue weighted by Crippen LogP contribution is -2.58. The minimum atomic E-state index is -0.289. The van der Waals surface area contributed by atoms with Gasteiger partial charge in [0.1, 0.15) is 6.04 Å². The molecule has 0 saturated carbocycles. The number of amides is 1. The summed E-state index contributed by atoms with van der Waals surface area (Å²) < 4.78 is 0. The Morgan fingerprint density at radius 1 is 1.50 bits per heavy atom. The fraction of sp³-hybridized carbons (Fsp3) is 0.562. The first-order chi connectivity index (χ1) is 9.29. The number of hydrogen-bond acceptors (Lipinski definition) is 3. The summed E-state index contributed by atoms with van der Waals surface area (Å²) in [6.45, 7) is 10.7. The van der Waals surface area contributed by atoms with Gasteiger partial charge in [-0.2, -0.15) is 0 Å². The van der Waals surface area contributed by atoms with Crippen molar-refractivity contribution in [1.29, 1.82) is 0 Å². The van der Waals surface area contributed by atoms with Gasteiger partial charge in [-0.05, 0) is 51.2 Å². The van der Waals surface area contributed by atoms with Crippen molar-refractivity contribution in [3.63, 3.8) is 0 Å². The molecular formula is C16H25N3O. The lowest BCUT2D eigenvalue weighted by Gasteiger charge is -2.50. The summed E-state index contributed by atoms with van der Waals surface area (Å²) in [6, 6.07) is 6.08. The van der Waals surface area contributed by atoms with Gasteiger partial charge < -0.3 is 4.90 Å². The molecule has 0 bridgehead atoms. The number of anilines is 1. The van der Waals surface area contributed by atoms with Crippen LogP contribution in [0.4, 0.5) is 5.69 Å². The first kappa shape index (κ1) is 14.9. The summed E-state index contributed by atoms with van der Waals surface area (Å²) in [7, 11) is 0. The van der Waals surface area contributed by atoms with E-state index in [1.54, 1.807) is 0 Å². The Bertz CT molecular complexity index is 524. The molecule has 1 aliphatic rings. The van der Waals surface area contributed by atoms with Gasteiger partial charge in [-0.25, -0.2) is 5.84 Å². The minimum Gasteiger partial charge on any atom is -0.354 e. The number of aryl methyl sites for hydroxylation is 1. The molecule has 0 aliphatic carbocycles. The molecule has 1 aromatic rings. The van der Waals surface area contributed by atoms with E-state index in [1.165, 1.54) is 16.8 Å². The number of carbonyl (C=O) groups is 1. The first-order valence-corrected chi connectivity index (χ1v) is 7.19. The van der Waals surface area contributed by atoms with Crippen molar-refractivity contribution in [2.24, 2.45) is 5.84 Å². The van der Waals surface area contributed by atoms with Crippen LogP contribution in [-0.4, -0.2) is 17.5 Å². The molecule has 1 aliphatic heterocycles. The van der Waals surface area contributed by atoms with Crippen molar-refractivity contribution in [3.05, 3.63) is 29.3 Å². The van der Waals surface area contributed by atoms with Crippen molar-refractivity contribution in [2.45, 2.75) is 58.5 Å². The van der Waals surface area contributed by atoms with Crippen LogP contribution in [0.2, 0.25) is 0 Å². The Hall–Kier alpha value is -1.55. The van der Waals surface area contributed by atoms with Gasteiger partial charge in [-0.1, -0.05) is 25.1 Å². The summed E-state index contributed by atoms with van der Waals surface area (Å²) in [4.78, 5) is 14.2. The number of rotatable bonds is 2. The van der Waals surface area contributed by atoms with Gasteiger partial charge in [0.25, 0.3) is 5.91 Å². The number of carbonyl (C=O) groups excluding carboxylic acids is 1. The molecule has 0 radical (unpaired) electrons. The van der Waals surface area contributed by atoms with Crippen molar-refractivity contribution >= 4 is 11.6 Å². The zero-order valence-electron chi connectivity index (χ0n) is 13.0. The van der Waals surface area contributed by atoms with Crippen LogP contribution in [0.15, 0.2) is 18.2 Å². The molecule has 0 fully saturated rings.